The molecule has 0 unspecified atom stereocenters. The van der Waals surface area contributed by atoms with Gasteiger partial charge in [0.2, 0.25) is 0 Å². The highest BCUT2D eigenvalue weighted by molar-refractivity contribution is 7.18. The Hall–Kier alpha value is -1.09. The molecule has 0 radical (unpaired) electrons. The molecule has 3 heteroatoms. The van der Waals surface area contributed by atoms with Crippen LogP contribution in [0.15, 0.2) is 12.1 Å². The zero-order valence-corrected chi connectivity index (χ0v) is 9.90. The summed E-state index contributed by atoms with van der Waals surface area (Å²) in [4.78, 5) is 4.37. The van der Waals surface area contributed by atoms with E-state index >= 15 is 0 Å². The number of hydrogen-bond donors (Lipinski definition) is 1. The summed E-state index contributed by atoms with van der Waals surface area (Å²) in [6, 6.07) is 4.11. The van der Waals surface area contributed by atoms with Crippen molar-refractivity contribution in [3.63, 3.8) is 0 Å². The standard InChI is InChI=1S/C9H10N2S.C2H6/c1-5-3-4-7-9(8(5)10)11-6(2)12-7;1-2/h3-4H,10H2,1-2H3;1-2H3. The molecule has 1 aromatic heterocycles. The van der Waals surface area contributed by atoms with Crippen molar-refractivity contribution in [1.29, 1.82) is 0 Å². The highest BCUT2D eigenvalue weighted by Crippen LogP contribution is 2.28. The molecule has 1 aromatic carbocycles. The van der Waals surface area contributed by atoms with E-state index in [1.54, 1.807) is 11.3 Å². The van der Waals surface area contributed by atoms with Crippen LogP contribution in [-0.2, 0) is 0 Å². The first-order valence-electron chi connectivity index (χ1n) is 4.80. The lowest BCUT2D eigenvalue weighted by molar-refractivity contribution is 1.34. The van der Waals surface area contributed by atoms with Gasteiger partial charge in [-0.3, -0.25) is 0 Å². The van der Waals surface area contributed by atoms with Gasteiger partial charge in [0.25, 0.3) is 0 Å². The van der Waals surface area contributed by atoms with Crippen LogP contribution in [0.4, 0.5) is 5.69 Å². The van der Waals surface area contributed by atoms with E-state index in [0.29, 0.717) is 0 Å². The summed E-state index contributed by atoms with van der Waals surface area (Å²) in [6.07, 6.45) is 0. The molecule has 76 valence electrons. The van der Waals surface area contributed by atoms with Gasteiger partial charge in [-0.25, -0.2) is 4.98 Å². The summed E-state index contributed by atoms with van der Waals surface area (Å²) in [5.41, 5.74) is 8.75. The van der Waals surface area contributed by atoms with E-state index in [-0.39, 0.29) is 0 Å². The second-order valence-electron chi connectivity index (χ2n) is 2.88. The molecule has 2 nitrogen and oxygen atoms in total. The summed E-state index contributed by atoms with van der Waals surface area (Å²) >= 11 is 1.68. The Bertz CT molecular complexity index is 432. The minimum absolute atomic E-state index is 0.817. The number of thiazole rings is 1. The first-order chi connectivity index (χ1) is 6.68. The van der Waals surface area contributed by atoms with Crippen LogP contribution in [0.3, 0.4) is 0 Å². The van der Waals surface area contributed by atoms with Gasteiger partial charge in [0.05, 0.1) is 15.4 Å². The lowest BCUT2D eigenvalue weighted by Crippen LogP contribution is -1.89. The summed E-state index contributed by atoms with van der Waals surface area (Å²) in [6.45, 7) is 8.00. The number of nitrogens with two attached hydrogens (primary N) is 1. The number of aryl methyl sites for hydroxylation is 2. The predicted octanol–water partition coefficient (Wildman–Crippen LogP) is 3.52. The maximum Gasteiger partial charge on any atom is 0.105 e. The van der Waals surface area contributed by atoms with Crippen molar-refractivity contribution in [2.75, 3.05) is 5.73 Å². The van der Waals surface area contributed by atoms with Gasteiger partial charge in [-0.2, -0.15) is 0 Å². The van der Waals surface area contributed by atoms with E-state index in [2.05, 4.69) is 11.1 Å². The Morgan fingerprint density at radius 1 is 1.21 bits per heavy atom. The number of nitrogens with zero attached hydrogens (tertiary/aromatic N) is 1. The molecule has 0 amide bonds. The molecule has 0 atom stereocenters. The Morgan fingerprint density at radius 2 is 1.86 bits per heavy atom. The summed E-state index contributed by atoms with van der Waals surface area (Å²) in [5, 5.41) is 1.07. The molecular weight excluding hydrogens is 192 g/mol. The zero-order chi connectivity index (χ0) is 10.7. The topological polar surface area (TPSA) is 38.9 Å². The maximum absolute atomic E-state index is 5.88. The molecule has 0 fully saturated rings. The molecule has 2 N–H and O–H groups in total. The highest BCUT2D eigenvalue weighted by atomic mass is 32.1. The Morgan fingerprint density at radius 3 is 2.50 bits per heavy atom. The van der Waals surface area contributed by atoms with Crippen molar-refractivity contribution in [2.45, 2.75) is 27.7 Å². The Balaban J connectivity index is 0.000000461. The van der Waals surface area contributed by atoms with Crippen LogP contribution in [0.1, 0.15) is 24.4 Å². The van der Waals surface area contributed by atoms with Gasteiger partial charge in [0.15, 0.2) is 0 Å². The van der Waals surface area contributed by atoms with Crippen molar-refractivity contribution in [3.8, 4) is 0 Å². The van der Waals surface area contributed by atoms with Crippen molar-refractivity contribution < 1.29 is 0 Å². The normalized spacial score (nSPS) is 9.71. The molecule has 2 rings (SSSR count). The van der Waals surface area contributed by atoms with Gasteiger partial charge >= 0.3 is 0 Å². The third kappa shape index (κ3) is 1.87. The molecule has 0 aliphatic carbocycles. The Labute approximate surface area is 88.8 Å². The first kappa shape index (κ1) is 11.0. The van der Waals surface area contributed by atoms with Crippen LogP contribution < -0.4 is 5.73 Å². The fourth-order valence-corrected chi connectivity index (χ4v) is 2.07. The third-order valence-electron chi connectivity index (χ3n) is 1.92. The number of benzene rings is 1. The van der Waals surface area contributed by atoms with Crippen LogP contribution in [-0.4, -0.2) is 4.98 Å². The number of rotatable bonds is 0. The average molecular weight is 208 g/mol. The average Bonchev–Trinajstić information content (AvgIpc) is 2.57. The van der Waals surface area contributed by atoms with E-state index in [0.717, 1.165) is 21.8 Å². The summed E-state index contributed by atoms with van der Waals surface area (Å²) in [7, 11) is 0. The SMILES string of the molecule is CC.Cc1nc2c(N)c(C)ccc2s1. The first-order valence-corrected chi connectivity index (χ1v) is 5.62. The van der Waals surface area contributed by atoms with Gasteiger partial charge in [0.1, 0.15) is 5.52 Å². The van der Waals surface area contributed by atoms with E-state index in [1.165, 1.54) is 4.70 Å². The number of anilines is 1. The van der Waals surface area contributed by atoms with Crippen LogP contribution in [0.5, 0.6) is 0 Å². The minimum Gasteiger partial charge on any atom is -0.397 e. The fraction of sp³-hybridized carbons (Fsp3) is 0.364. The molecule has 0 bridgehead atoms. The van der Waals surface area contributed by atoms with Crippen molar-refractivity contribution in [3.05, 3.63) is 22.7 Å². The monoisotopic (exact) mass is 208 g/mol. The van der Waals surface area contributed by atoms with E-state index in [1.807, 2.05) is 33.8 Å². The molecule has 0 spiro atoms. The molecule has 1 heterocycles. The van der Waals surface area contributed by atoms with Crippen molar-refractivity contribution in [1.82, 2.24) is 4.98 Å². The van der Waals surface area contributed by atoms with E-state index in [4.69, 9.17) is 5.73 Å². The minimum atomic E-state index is 0.817. The number of fused-ring (bicyclic) bond motifs is 1. The number of aromatic nitrogens is 1. The highest BCUT2D eigenvalue weighted by Gasteiger charge is 2.04. The summed E-state index contributed by atoms with van der Waals surface area (Å²) < 4.78 is 1.18. The largest absolute Gasteiger partial charge is 0.397 e. The zero-order valence-electron chi connectivity index (χ0n) is 9.09. The van der Waals surface area contributed by atoms with Gasteiger partial charge in [0, 0.05) is 0 Å². The van der Waals surface area contributed by atoms with Gasteiger partial charge in [-0.15, -0.1) is 11.3 Å². The van der Waals surface area contributed by atoms with Crippen molar-refractivity contribution >= 4 is 27.2 Å². The second-order valence-corrected chi connectivity index (χ2v) is 4.11. The molecule has 0 aliphatic heterocycles. The number of nitrogen functional groups attached to an aromatic ring is 1. The lowest BCUT2D eigenvalue weighted by Gasteiger charge is -1.98. The number of hydrogen-bond acceptors (Lipinski definition) is 3. The molecule has 2 aromatic rings. The molecule has 0 aliphatic rings. The fourth-order valence-electron chi connectivity index (χ4n) is 1.23. The molecule has 0 saturated carbocycles. The van der Waals surface area contributed by atoms with Gasteiger partial charge < -0.3 is 5.73 Å². The molecule has 14 heavy (non-hydrogen) atoms. The Kier molecular flexibility index (Phi) is 3.47. The van der Waals surface area contributed by atoms with Crippen LogP contribution in [0.25, 0.3) is 10.2 Å². The maximum atomic E-state index is 5.88. The molecular formula is C11H16N2S. The van der Waals surface area contributed by atoms with Gasteiger partial charge in [-0.1, -0.05) is 19.9 Å². The third-order valence-corrected chi connectivity index (χ3v) is 2.86. The van der Waals surface area contributed by atoms with Crippen LogP contribution in [0, 0.1) is 13.8 Å². The predicted molar refractivity (Wildman–Crippen MR) is 64.9 cm³/mol. The quantitative estimate of drug-likeness (QED) is 0.673. The van der Waals surface area contributed by atoms with E-state index in [9.17, 15) is 0 Å². The van der Waals surface area contributed by atoms with Crippen LogP contribution >= 0.6 is 11.3 Å². The molecule has 0 saturated heterocycles. The van der Waals surface area contributed by atoms with E-state index < -0.39 is 0 Å². The lowest BCUT2D eigenvalue weighted by atomic mass is 10.2. The second kappa shape index (κ2) is 4.42. The van der Waals surface area contributed by atoms with Crippen LogP contribution in [0.2, 0.25) is 0 Å². The van der Waals surface area contributed by atoms with Crippen molar-refractivity contribution in [2.24, 2.45) is 0 Å². The summed E-state index contributed by atoms with van der Waals surface area (Å²) in [5.74, 6) is 0. The van der Waals surface area contributed by atoms with Gasteiger partial charge in [-0.05, 0) is 25.5 Å². The smallest absolute Gasteiger partial charge is 0.105 e.